The SMILES string of the molecule is C(=Cc1ccc(N(c2ccc3c(c2)CCCC3)c2ccc(C=C(c3ccccc3)c3ccccc3)c3ccccc23)cc1)C=C(c1ccccc1)c1ccccc1. The Morgan fingerprint density at radius 3 is 1.53 bits per heavy atom. The zero-order chi connectivity index (χ0) is 38.2. The number of hydrogen-bond donors (Lipinski definition) is 0. The second-order valence-electron chi connectivity index (χ2n) is 14.8. The average molecular weight is 732 g/mol. The predicted molar refractivity (Wildman–Crippen MR) is 244 cm³/mol. The summed E-state index contributed by atoms with van der Waals surface area (Å²) < 4.78 is 0. The van der Waals surface area contributed by atoms with E-state index < -0.39 is 0 Å². The van der Waals surface area contributed by atoms with Gasteiger partial charge in [0.25, 0.3) is 0 Å². The van der Waals surface area contributed by atoms with Gasteiger partial charge in [-0.15, -0.1) is 0 Å². The van der Waals surface area contributed by atoms with Crippen LogP contribution >= 0.6 is 0 Å². The summed E-state index contributed by atoms with van der Waals surface area (Å²) in [4.78, 5) is 2.45. The fourth-order valence-corrected chi connectivity index (χ4v) is 8.22. The summed E-state index contributed by atoms with van der Waals surface area (Å²) >= 11 is 0. The number of benzene rings is 8. The standard InChI is InChI=1S/C56H45N/c1-5-20-44(21-6-1)52(45-22-7-2-8-23-45)31-17-18-42-32-36-50(37-33-42)57(51-38-34-43-19-13-14-28-48(43)40-51)56-39-35-49(53-29-15-16-30-54(53)56)41-55(46-24-9-3-10-25-46)47-26-11-4-12-27-47/h1-12,15-18,20-27,29-41H,13-14,19,28H2. The molecule has 274 valence electrons. The highest BCUT2D eigenvalue weighted by Gasteiger charge is 2.19. The largest absolute Gasteiger partial charge is 0.310 e. The molecule has 0 spiro atoms. The van der Waals surface area contributed by atoms with Gasteiger partial charge in [-0.2, -0.15) is 0 Å². The molecule has 0 heterocycles. The molecule has 8 aromatic carbocycles. The summed E-state index contributed by atoms with van der Waals surface area (Å²) in [5, 5.41) is 2.44. The Kier molecular flexibility index (Phi) is 10.5. The van der Waals surface area contributed by atoms with Gasteiger partial charge in [-0.3, -0.25) is 0 Å². The van der Waals surface area contributed by atoms with Crippen LogP contribution in [0.2, 0.25) is 0 Å². The van der Waals surface area contributed by atoms with E-state index in [1.807, 2.05) is 0 Å². The second-order valence-corrected chi connectivity index (χ2v) is 14.8. The molecule has 0 N–H and O–H groups in total. The maximum Gasteiger partial charge on any atom is 0.0540 e. The van der Waals surface area contributed by atoms with Crippen molar-refractivity contribution in [3.05, 3.63) is 257 Å². The molecule has 0 saturated heterocycles. The van der Waals surface area contributed by atoms with Crippen molar-refractivity contribution in [2.45, 2.75) is 25.7 Å². The highest BCUT2D eigenvalue weighted by molar-refractivity contribution is 6.05. The minimum Gasteiger partial charge on any atom is -0.310 e. The van der Waals surface area contributed by atoms with Crippen molar-refractivity contribution in [2.75, 3.05) is 4.90 Å². The Labute approximate surface area is 337 Å². The van der Waals surface area contributed by atoms with Crippen molar-refractivity contribution < 1.29 is 0 Å². The van der Waals surface area contributed by atoms with Crippen LogP contribution in [0.15, 0.2) is 212 Å². The van der Waals surface area contributed by atoms with Gasteiger partial charge in [0.15, 0.2) is 0 Å². The number of rotatable bonds is 10. The summed E-state index contributed by atoms with van der Waals surface area (Å²) in [5.41, 5.74) is 16.0. The van der Waals surface area contributed by atoms with Crippen LogP contribution in [-0.2, 0) is 12.8 Å². The van der Waals surface area contributed by atoms with Crippen molar-refractivity contribution in [3.63, 3.8) is 0 Å². The molecule has 0 radical (unpaired) electrons. The first-order valence-corrected chi connectivity index (χ1v) is 20.1. The molecule has 57 heavy (non-hydrogen) atoms. The van der Waals surface area contributed by atoms with Gasteiger partial charge < -0.3 is 4.90 Å². The quantitative estimate of drug-likeness (QED) is 0.1000. The van der Waals surface area contributed by atoms with Crippen LogP contribution in [-0.4, -0.2) is 0 Å². The second kappa shape index (κ2) is 16.8. The monoisotopic (exact) mass is 731 g/mol. The van der Waals surface area contributed by atoms with E-state index in [1.54, 1.807) is 0 Å². The van der Waals surface area contributed by atoms with E-state index in [0.717, 1.165) is 24.1 Å². The lowest BCUT2D eigenvalue weighted by Gasteiger charge is -2.29. The first kappa shape index (κ1) is 35.7. The third-order valence-corrected chi connectivity index (χ3v) is 11.1. The van der Waals surface area contributed by atoms with Crippen molar-refractivity contribution in [2.24, 2.45) is 0 Å². The third-order valence-electron chi connectivity index (χ3n) is 11.1. The lowest BCUT2D eigenvalue weighted by Crippen LogP contribution is -2.12. The summed E-state index contributed by atoms with van der Waals surface area (Å²) in [6, 6.07) is 72.3. The lowest BCUT2D eigenvalue weighted by molar-refractivity contribution is 0.685. The van der Waals surface area contributed by atoms with E-state index in [0.29, 0.717) is 0 Å². The van der Waals surface area contributed by atoms with Gasteiger partial charge >= 0.3 is 0 Å². The zero-order valence-electron chi connectivity index (χ0n) is 32.1. The molecule has 0 aromatic heterocycles. The van der Waals surface area contributed by atoms with Gasteiger partial charge in [0.1, 0.15) is 0 Å². The molecular weight excluding hydrogens is 687 g/mol. The van der Waals surface area contributed by atoms with Crippen molar-refractivity contribution in [1.29, 1.82) is 0 Å². The fourth-order valence-electron chi connectivity index (χ4n) is 8.22. The number of allylic oxidation sites excluding steroid dienone is 2. The lowest BCUT2D eigenvalue weighted by atomic mass is 9.91. The highest BCUT2D eigenvalue weighted by atomic mass is 15.1. The van der Waals surface area contributed by atoms with Crippen LogP contribution in [0.25, 0.3) is 34.1 Å². The zero-order valence-corrected chi connectivity index (χ0v) is 32.1. The van der Waals surface area contributed by atoms with Gasteiger partial charge in [-0.25, -0.2) is 0 Å². The number of aryl methyl sites for hydroxylation is 2. The van der Waals surface area contributed by atoms with E-state index in [4.69, 9.17) is 0 Å². The number of anilines is 3. The first-order chi connectivity index (χ1) is 28.3. The Balaban J connectivity index is 1.12. The number of hydrogen-bond acceptors (Lipinski definition) is 1. The minimum atomic E-state index is 1.13. The van der Waals surface area contributed by atoms with E-state index in [1.165, 1.54) is 85.1 Å². The summed E-state index contributed by atoms with van der Waals surface area (Å²) in [5.74, 6) is 0. The number of fused-ring (bicyclic) bond motifs is 2. The molecule has 1 aliphatic carbocycles. The fraction of sp³-hybridized carbons (Fsp3) is 0.0714. The van der Waals surface area contributed by atoms with E-state index in [9.17, 15) is 0 Å². The molecule has 1 aliphatic rings. The van der Waals surface area contributed by atoms with E-state index in [2.05, 4.69) is 229 Å². The molecule has 0 amide bonds. The normalized spacial score (nSPS) is 12.2. The van der Waals surface area contributed by atoms with Crippen LogP contribution in [0.1, 0.15) is 57.3 Å². The van der Waals surface area contributed by atoms with Crippen LogP contribution in [0, 0.1) is 0 Å². The maximum atomic E-state index is 2.45. The Morgan fingerprint density at radius 2 is 0.930 bits per heavy atom. The average Bonchev–Trinajstić information content (AvgIpc) is 3.29. The summed E-state index contributed by atoms with van der Waals surface area (Å²) in [6.45, 7) is 0. The molecule has 8 aromatic rings. The smallest absolute Gasteiger partial charge is 0.0540 e. The van der Waals surface area contributed by atoms with Gasteiger partial charge in [-0.1, -0.05) is 188 Å². The first-order valence-electron chi connectivity index (χ1n) is 20.1. The predicted octanol–water partition coefficient (Wildman–Crippen LogP) is 14.9. The van der Waals surface area contributed by atoms with Crippen LogP contribution in [0.4, 0.5) is 17.1 Å². The van der Waals surface area contributed by atoms with Crippen molar-refractivity contribution in [3.8, 4) is 0 Å². The Bertz CT molecular complexity index is 2600. The molecule has 0 unspecified atom stereocenters. The van der Waals surface area contributed by atoms with Gasteiger partial charge in [0, 0.05) is 16.8 Å². The molecule has 9 rings (SSSR count). The molecule has 1 heteroatoms. The van der Waals surface area contributed by atoms with Crippen molar-refractivity contribution >= 4 is 51.1 Å². The molecule has 0 fully saturated rings. The maximum absolute atomic E-state index is 2.45. The van der Waals surface area contributed by atoms with E-state index >= 15 is 0 Å². The van der Waals surface area contributed by atoms with Gasteiger partial charge in [0.2, 0.25) is 0 Å². The number of nitrogens with zero attached hydrogens (tertiary/aromatic N) is 1. The van der Waals surface area contributed by atoms with Gasteiger partial charge in [0.05, 0.1) is 5.69 Å². The Hall–Kier alpha value is -6.96. The molecule has 0 aliphatic heterocycles. The van der Waals surface area contributed by atoms with Crippen LogP contribution < -0.4 is 4.90 Å². The highest BCUT2D eigenvalue weighted by Crippen LogP contribution is 2.42. The van der Waals surface area contributed by atoms with E-state index in [-0.39, 0.29) is 0 Å². The minimum absolute atomic E-state index is 1.13. The Morgan fingerprint density at radius 1 is 0.421 bits per heavy atom. The molecule has 0 saturated carbocycles. The molecule has 0 bridgehead atoms. The third kappa shape index (κ3) is 7.92. The van der Waals surface area contributed by atoms with Crippen molar-refractivity contribution in [1.82, 2.24) is 0 Å². The molecule has 0 atom stereocenters. The summed E-state index contributed by atoms with van der Waals surface area (Å²) in [6.07, 6.45) is 13.8. The van der Waals surface area contributed by atoms with Crippen LogP contribution in [0.5, 0.6) is 0 Å². The topological polar surface area (TPSA) is 3.24 Å². The van der Waals surface area contributed by atoms with Gasteiger partial charge in [-0.05, 0) is 123 Å². The molecular formula is C56H45N. The van der Waals surface area contributed by atoms with Crippen LogP contribution in [0.3, 0.4) is 0 Å². The summed E-state index contributed by atoms with van der Waals surface area (Å²) in [7, 11) is 0. The molecule has 1 nitrogen and oxygen atoms in total.